The summed E-state index contributed by atoms with van der Waals surface area (Å²) in [6.07, 6.45) is 1.42. The van der Waals surface area contributed by atoms with Gasteiger partial charge in [0.05, 0.1) is 11.4 Å². The number of aryl methyl sites for hydroxylation is 2. The first kappa shape index (κ1) is 14.5. The summed E-state index contributed by atoms with van der Waals surface area (Å²) >= 11 is 0. The van der Waals surface area contributed by atoms with Gasteiger partial charge in [-0.25, -0.2) is 9.69 Å². The normalized spacial score (nSPS) is 12.8. The lowest BCUT2D eigenvalue weighted by molar-refractivity contribution is 0.210. The van der Waals surface area contributed by atoms with E-state index in [1.165, 1.54) is 0 Å². The molecule has 4 rings (SSSR count). The van der Waals surface area contributed by atoms with Crippen LogP contribution in [0.25, 0.3) is 0 Å². The minimum Gasteiger partial charge on any atom is -0.410 e. The van der Waals surface area contributed by atoms with Gasteiger partial charge in [0.15, 0.2) is 0 Å². The average Bonchev–Trinajstić information content (AvgIpc) is 2.79. The minimum absolute atomic E-state index is 0.386. The summed E-state index contributed by atoms with van der Waals surface area (Å²) < 4.78 is 5.61. The molecule has 0 bridgehead atoms. The van der Waals surface area contributed by atoms with Crippen LogP contribution >= 0.6 is 0 Å². The molecule has 1 aliphatic rings. The van der Waals surface area contributed by atoms with Crippen molar-refractivity contribution in [1.29, 1.82) is 0 Å². The second-order valence-electron chi connectivity index (χ2n) is 5.77. The van der Waals surface area contributed by atoms with Crippen LogP contribution in [0.2, 0.25) is 0 Å². The number of rotatable bonds is 1. The van der Waals surface area contributed by atoms with Gasteiger partial charge in [0.25, 0.3) is 0 Å². The maximum Gasteiger partial charge on any atom is 0.424 e. The predicted molar refractivity (Wildman–Crippen MR) is 94.9 cm³/mol. The van der Waals surface area contributed by atoms with E-state index in [0.29, 0.717) is 5.75 Å². The van der Waals surface area contributed by atoms with Gasteiger partial charge in [-0.05, 0) is 48.2 Å². The molecule has 0 spiro atoms. The van der Waals surface area contributed by atoms with Gasteiger partial charge >= 0.3 is 6.09 Å². The number of benzene rings is 3. The molecule has 3 nitrogen and oxygen atoms in total. The van der Waals surface area contributed by atoms with Crippen molar-refractivity contribution in [3.05, 3.63) is 90.0 Å². The molecule has 0 radical (unpaired) electrons. The number of hydrogen-bond acceptors (Lipinski definition) is 2. The van der Waals surface area contributed by atoms with Gasteiger partial charge in [-0.3, -0.25) is 0 Å². The Morgan fingerprint density at radius 3 is 1.79 bits per heavy atom. The predicted octanol–water partition coefficient (Wildman–Crippen LogP) is 5.12. The van der Waals surface area contributed by atoms with Crippen molar-refractivity contribution in [3.63, 3.8) is 0 Å². The van der Waals surface area contributed by atoms with Crippen LogP contribution < -0.4 is 9.64 Å². The fourth-order valence-electron chi connectivity index (χ4n) is 3.11. The number of ether oxygens (including phenoxy) is 1. The lowest BCUT2D eigenvalue weighted by atomic mass is 10.0. The lowest BCUT2D eigenvalue weighted by Gasteiger charge is -2.24. The van der Waals surface area contributed by atoms with E-state index in [4.69, 9.17) is 4.74 Å². The molecule has 1 amide bonds. The van der Waals surface area contributed by atoms with E-state index in [0.717, 1.165) is 35.3 Å². The van der Waals surface area contributed by atoms with Crippen molar-refractivity contribution in [2.24, 2.45) is 0 Å². The maximum absolute atomic E-state index is 12.9. The van der Waals surface area contributed by atoms with Crippen LogP contribution in [-0.4, -0.2) is 6.09 Å². The standard InChI is InChI=1S/C21H17NO2/c23-21(24-18-10-2-1-3-11-18)22-19-12-6-4-8-16(19)14-15-17-9-5-7-13-20(17)22/h1-13H,14-15H2. The average molecular weight is 315 g/mol. The molecule has 0 N–H and O–H groups in total. The number of para-hydroxylation sites is 3. The van der Waals surface area contributed by atoms with Crippen LogP contribution in [0.3, 0.4) is 0 Å². The Bertz CT molecular complexity index is 826. The van der Waals surface area contributed by atoms with Crippen LogP contribution in [0.5, 0.6) is 5.75 Å². The van der Waals surface area contributed by atoms with Gasteiger partial charge in [0.1, 0.15) is 5.75 Å². The smallest absolute Gasteiger partial charge is 0.410 e. The first-order valence-corrected chi connectivity index (χ1v) is 8.06. The fourth-order valence-corrected chi connectivity index (χ4v) is 3.11. The number of carbonyl (C=O) groups is 1. The van der Waals surface area contributed by atoms with Crippen LogP contribution in [0.4, 0.5) is 16.2 Å². The zero-order valence-corrected chi connectivity index (χ0v) is 13.2. The first-order valence-electron chi connectivity index (χ1n) is 8.06. The fraction of sp³-hybridized carbons (Fsp3) is 0.0952. The van der Waals surface area contributed by atoms with Crippen molar-refractivity contribution in [2.75, 3.05) is 4.90 Å². The molecule has 0 saturated heterocycles. The van der Waals surface area contributed by atoms with Crippen molar-refractivity contribution < 1.29 is 9.53 Å². The third kappa shape index (κ3) is 2.65. The molecule has 0 unspecified atom stereocenters. The molecular weight excluding hydrogens is 298 g/mol. The summed E-state index contributed by atoms with van der Waals surface area (Å²) in [7, 11) is 0. The highest BCUT2D eigenvalue weighted by Crippen LogP contribution is 2.36. The summed E-state index contributed by atoms with van der Waals surface area (Å²) in [6, 6.07) is 25.2. The Morgan fingerprint density at radius 2 is 1.21 bits per heavy atom. The molecule has 0 fully saturated rings. The zero-order valence-electron chi connectivity index (χ0n) is 13.2. The van der Waals surface area contributed by atoms with E-state index in [1.54, 1.807) is 17.0 Å². The molecule has 0 aliphatic carbocycles. The number of hydrogen-bond donors (Lipinski definition) is 0. The van der Waals surface area contributed by atoms with Crippen LogP contribution in [0.1, 0.15) is 11.1 Å². The summed E-state index contributed by atoms with van der Waals surface area (Å²) in [4.78, 5) is 14.6. The van der Waals surface area contributed by atoms with E-state index in [9.17, 15) is 4.79 Å². The molecular formula is C21H17NO2. The number of anilines is 2. The summed E-state index contributed by atoms with van der Waals surface area (Å²) in [5.74, 6) is 0.543. The third-order valence-electron chi connectivity index (χ3n) is 4.26. The van der Waals surface area contributed by atoms with Crippen LogP contribution in [0, 0.1) is 0 Å². The summed E-state index contributed by atoms with van der Waals surface area (Å²) in [5.41, 5.74) is 4.09. The number of nitrogens with zero attached hydrogens (tertiary/aromatic N) is 1. The quantitative estimate of drug-likeness (QED) is 0.623. The Kier molecular flexibility index (Phi) is 3.75. The molecule has 3 heteroatoms. The maximum atomic E-state index is 12.9. The molecule has 0 saturated carbocycles. The highest BCUT2D eigenvalue weighted by Gasteiger charge is 2.26. The molecule has 1 heterocycles. The topological polar surface area (TPSA) is 29.5 Å². The lowest BCUT2D eigenvalue weighted by Crippen LogP contribution is -2.29. The molecule has 118 valence electrons. The SMILES string of the molecule is O=C(Oc1ccccc1)N1c2ccccc2CCc2ccccc21. The second-order valence-corrected chi connectivity index (χ2v) is 5.77. The van der Waals surface area contributed by atoms with E-state index < -0.39 is 0 Å². The molecule has 0 aromatic heterocycles. The Morgan fingerprint density at radius 1 is 0.708 bits per heavy atom. The Labute approximate surface area is 141 Å². The van der Waals surface area contributed by atoms with Gasteiger partial charge in [0.2, 0.25) is 0 Å². The molecule has 3 aromatic carbocycles. The number of amides is 1. The highest BCUT2D eigenvalue weighted by molar-refractivity contribution is 5.99. The summed E-state index contributed by atoms with van der Waals surface area (Å²) in [5, 5.41) is 0. The van der Waals surface area contributed by atoms with Gasteiger partial charge in [-0.1, -0.05) is 54.6 Å². The number of fused-ring (bicyclic) bond motifs is 2. The second kappa shape index (κ2) is 6.20. The minimum atomic E-state index is -0.386. The van der Waals surface area contributed by atoms with Gasteiger partial charge in [-0.2, -0.15) is 0 Å². The van der Waals surface area contributed by atoms with Gasteiger partial charge in [-0.15, -0.1) is 0 Å². The van der Waals surface area contributed by atoms with E-state index in [1.807, 2.05) is 54.6 Å². The largest absolute Gasteiger partial charge is 0.424 e. The van der Waals surface area contributed by atoms with E-state index >= 15 is 0 Å². The van der Waals surface area contributed by atoms with Crippen molar-refractivity contribution in [2.45, 2.75) is 12.8 Å². The van der Waals surface area contributed by atoms with E-state index in [-0.39, 0.29) is 6.09 Å². The van der Waals surface area contributed by atoms with Crippen LogP contribution in [0.15, 0.2) is 78.9 Å². The highest BCUT2D eigenvalue weighted by atomic mass is 16.6. The first-order chi connectivity index (χ1) is 11.8. The van der Waals surface area contributed by atoms with E-state index in [2.05, 4.69) is 12.1 Å². The van der Waals surface area contributed by atoms with Crippen LogP contribution in [-0.2, 0) is 12.8 Å². The van der Waals surface area contributed by atoms with Gasteiger partial charge < -0.3 is 4.74 Å². The molecule has 1 aliphatic heterocycles. The third-order valence-corrected chi connectivity index (χ3v) is 4.26. The monoisotopic (exact) mass is 315 g/mol. The van der Waals surface area contributed by atoms with Crippen molar-refractivity contribution in [3.8, 4) is 5.75 Å². The summed E-state index contributed by atoms with van der Waals surface area (Å²) in [6.45, 7) is 0. The molecule has 0 atom stereocenters. The molecule has 3 aromatic rings. The van der Waals surface area contributed by atoms with Gasteiger partial charge in [0, 0.05) is 0 Å². The Balaban J connectivity index is 1.79. The Hall–Kier alpha value is -3.07. The van der Waals surface area contributed by atoms with Crippen molar-refractivity contribution >= 4 is 17.5 Å². The molecule has 24 heavy (non-hydrogen) atoms. The number of carbonyl (C=O) groups excluding carboxylic acids is 1. The van der Waals surface area contributed by atoms with Crippen molar-refractivity contribution in [1.82, 2.24) is 0 Å². The zero-order chi connectivity index (χ0) is 16.4.